The molecule has 0 aromatic carbocycles. The number of rotatable bonds is 8. The zero-order valence-electron chi connectivity index (χ0n) is 10.9. The molecule has 0 rings (SSSR count). The van der Waals surface area contributed by atoms with E-state index in [2.05, 4.69) is 27.7 Å². The maximum absolute atomic E-state index is 11.0. The van der Waals surface area contributed by atoms with E-state index in [-0.39, 0.29) is 5.97 Å². The number of esters is 1. The zero-order chi connectivity index (χ0) is 12.6. The number of nitrogens with zero attached hydrogens (tertiary/aromatic N) is 1. The van der Waals surface area contributed by atoms with Crippen LogP contribution in [0.3, 0.4) is 0 Å². The summed E-state index contributed by atoms with van der Waals surface area (Å²) < 4.78 is 11.2. The van der Waals surface area contributed by atoms with Crippen LogP contribution in [-0.2, 0) is 14.3 Å². The molecule has 0 saturated carbocycles. The SMILES string of the molecule is C=C(C)C(=O)OCCCOCC[N+](C)(C)C. The van der Waals surface area contributed by atoms with Crippen molar-refractivity contribution in [2.24, 2.45) is 0 Å². The lowest BCUT2D eigenvalue weighted by molar-refractivity contribution is -0.870. The predicted molar refractivity (Wildman–Crippen MR) is 64.1 cm³/mol. The highest BCUT2D eigenvalue weighted by Crippen LogP contribution is 1.94. The van der Waals surface area contributed by atoms with E-state index in [1.54, 1.807) is 6.92 Å². The lowest BCUT2D eigenvalue weighted by atomic mass is 10.4. The fourth-order valence-electron chi connectivity index (χ4n) is 0.890. The molecule has 0 heterocycles. The molecule has 0 fully saturated rings. The van der Waals surface area contributed by atoms with Gasteiger partial charge in [-0.05, 0) is 6.92 Å². The summed E-state index contributed by atoms with van der Waals surface area (Å²) in [4.78, 5) is 11.0. The topological polar surface area (TPSA) is 35.5 Å². The van der Waals surface area contributed by atoms with Gasteiger partial charge in [0.25, 0.3) is 0 Å². The standard InChI is InChI=1S/C12H24NO3/c1-11(2)12(14)16-9-6-8-15-10-7-13(3,4)5/h1,6-10H2,2-5H3/q+1. The zero-order valence-corrected chi connectivity index (χ0v) is 10.9. The van der Waals surface area contributed by atoms with E-state index in [0.717, 1.165) is 24.1 Å². The highest BCUT2D eigenvalue weighted by Gasteiger charge is 2.06. The van der Waals surface area contributed by atoms with Gasteiger partial charge in [-0.2, -0.15) is 0 Å². The Kier molecular flexibility index (Phi) is 7.01. The Morgan fingerprint density at radius 2 is 1.81 bits per heavy atom. The number of likely N-dealkylation sites (N-methyl/N-ethyl adjacent to an activating group) is 1. The Balaban J connectivity index is 3.29. The van der Waals surface area contributed by atoms with Crippen LogP contribution in [0.5, 0.6) is 0 Å². The average Bonchev–Trinajstić information content (AvgIpc) is 2.14. The third-order valence-electron chi connectivity index (χ3n) is 1.92. The van der Waals surface area contributed by atoms with Crippen LogP contribution in [0.2, 0.25) is 0 Å². The minimum atomic E-state index is -0.327. The molecule has 94 valence electrons. The summed E-state index contributed by atoms with van der Waals surface area (Å²) in [6.07, 6.45) is 0.732. The fraction of sp³-hybridized carbons (Fsp3) is 0.750. The van der Waals surface area contributed by atoms with Crippen molar-refractivity contribution in [1.29, 1.82) is 0 Å². The van der Waals surface area contributed by atoms with Crippen LogP contribution in [0.15, 0.2) is 12.2 Å². The van der Waals surface area contributed by atoms with Crippen molar-refractivity contribution in [1.82, 2.24) is 0 Å². The molecule has 0 atom stereocenters. The van der Waals surface area contributed by atoms with Crippen LogP contribution in [0.1, 0.15) is 13.3 Å². The van der Waals surface area contributed by atoms with Gasteiger partial charge in [-0.3, -0.25) is 0 Å². The number of ether oxygens (including phenoxy) is 2. The van der Waals surface area contributed by atoms with Gasteiger partial charge in [-0.25, -0.2) is 4.79 Å². The van der Waals surface area contributed by atoms with Crippen molar-refractivity contribution in [2.45, 2.75) is 13.3 Å². The highest BCUT2D eigenvalue weighted by atomic mass is 16.5. The number of carbonyl (C=O) groups is 1. The van der Waals surface area contributed by atoms with Crippen molar-refractivity contribution in [3.05, 3.63) is 12.2 Å². The Hall–Kier alpha value is -0.870. The molecular weight excluding hydrogens is 206 g/mol. The second-order valence-electron chi connectivity index (χ2n) is 4.90. The van der Waals surface area contributed by atoms with Crippen molar-refractivity contribution in [3.8, 4) is 0 Å². The first-order valence-electron chi connectivity index (χ1n) is 5.54. The van der Waals surface area contributed by atoms with Gasteiger partial charge in [-0.1, -0.05) is 6.58 Å². The van der Waals surface area contributed by atoms with Gasteiger partial charge in [-0.15, -0.1) is 0 Å². The van der Waals surface area contributed by atoms with Gasteiger partial charge in [0.2, 0.25) is 0 Å². The fourth-order valence-corrected chi connectivity index (χ4v) is 0.890. The van der Waals surface area contributed by atoms with E-state index < -0.39 is 0 Å². The van der Waals surface area contributed by atoms with E-state index in [1.807, 2.05) is 0 Å². The smallest absolute Gasteiger partial charge is 0.333 e. The first kappa shape index (κ1) is 15.1. The largest absolute Gasteiger partial charge is 0.462 e. The first-order valence-corrected chi connectivity index (χ1v) is 5.54. The number of carbonyl (C=O) groups excluding carboxylic acids is 1. The number of hydrogen-bond acceptors (Lipinski definition) is 3. The summed E-state index contributed by atoms with van der Waals surface area (Å²) in [5, 5.41) is 0. The predicted octanol–water partition coefficient (Wildman–Crippen LogP) is 1.22. The van der Waals surface area contributed by atoms with E-state index >= 15 is 0 Å². The molecule has 0 unspecified atom stereocenters. The monoisotopic (exact) mass is 230 g/mol. The molecule has 0 saturated heterocycles. The Bertz CT molecular complexity index is 231. The summed E-state index contributed by atoms with van der Waals surface area (Å²) in [6.45, 7) is 7.88. The molecule has 0 aromatic rings. The van der Waals surface area contributed by atoms with Crippen LogP contribution in [-0.4, -0.2) is 58.0 Å². The van der Waals surface area contributed by atoms with E-state index in [9.17, 15) is 4.79 Å². The van der Waals surface area contributed by atoms with Crippen molar-refractivity contribution in [2.75, 3.05) is 47.5 Å². The average molecular weight is 230 g/mol. The number of hydrogen-bond donors (Lipinski definition) is 0. The molecule has 0 spiro atoms. The minimum Gasteiger partial charge on any atom is -0.462 e. The van der Waals surface area contributed by atoms with Gasteiger partial charge in [0, 0.05) is 12.0 Å². The molecule has 0 aliphatic carbocycles. The molecule has 0 amide bonds. The van der Waals surface area contributed by atoms with Crippen LogP contribution in [0, 0.1) is 0 Å². The molecule has 0 aliphatic heterocycles. The number of quaternary nitrogens is 1. The Morgan fingerprint density at radius 3 is 2.31 bits per heavy atom. The lowest BCUT2D eigenvalue weighted by Crippen LogP contribution is -2.37. The first-order chi connectivity index (χ1) is 7.33. The molecule has 4 heteroatoms. The normalized spacial score (nSPS) is 11.2. The van der Waals surface area contributed by atoms with Gasteiger partial charge in [0.15, 0.2) is 0 Å². The summed E-state index contributed by atoms with van der Waals surface area (Å²) in [6, 6.07) is 0. The van der Waals surface area contributed by atoms with E-state index in [4.69, 9.17) is 9.47 Å². The second-order valence-corrected chi connectivity index (χ2v) is 4.90. The second kappa shape index (κ2) is 7.41. The van der Waals surface area contributed by atoms with Crippen molar-refractivity contribution >= 4 is 5.97 Å². The van der Waals surface area contributed by atoms with Gasteiger partial charge in [0.1, 0.15) is 6.54 Å². The van der Waals surface area contributed by atoms with Gasteiger partial charge >= 0.3 is 5.97 Å². The highest BCUT2D eigenvalue weighted by molar-refractivity contribution is 5.86. The molecule has 0 radical (unpaired) electrons. The molecule has 4 nitrogen and oxygen atoms in total. The maximum Gasteiger partial charge on any atom is 0.333 e. The third-order valence-corrected chi connectivity index (χ3v) is 1.92. The molecule has 0 N–H and O–H groups in total. The summed E-state index contributed by atoms with van der Waals surface area (Å²) >= 11 is 0. The van der Waals surface area contributed by atoms with Crippen molar-refractivity contribution < 1.29 is 18.8 Å². The molecule has 0 aromatic heterocycles. The van der Waals surface area contributed by atoms with E-state index in [1.165, 1.54) is 0 Å². The summed E-state index contributed by atoms with van der Waals surface area (Å²) in [7, 11) is 6.37. The van der Waals surface area contributed by atoms with Crippen LogP contribution in [0.4, 0.5) is 0 Å². The quantitative estimate of drug-likeness (QED) is 0.272. The molecule has 16 heavy (non-hydrogen) atoms. The molecular formula is C12H24NO3+. The molecule has 0 bridgehead atoms. The summed E-state index contributed by atoms with van der Waals surface area (Å²) in [5.41, 5.74) is 0.436. The third kappa shape index (κ3) is 9.68. The Morgan fingerprint density at radius 1 is 1.19 bits per heavy atom. The Labute approximate surface area is 98.4 Å². The van der Waals surface area contributed by atoms with Crippen LogP contribution in [0.25, 0.3) is 0 Å². The van der Waals surface area contributed by atoms with Gasteiger partial charge < -0.3 is 14.0 Å². The molecule has 0 aliphatic rings. The van der Waals surface area contributed by atoms with E-state index in [0.29, 0.717) is 18.8 Å². The summed E-state index contributed by atoms with van der Waals surface area (Å²) in [5.74, 6) is -0.327. The minimum absolute atomic E-state index is 0.327. The lowest BCUT2D eigenvalue weighted by Gasteiger charge is -2.23. The maximum atomic E-state index is 11.0. The van der Waals surface area contributed by atoms with Crippen LogP contribution < -0.4 is 0 Å². The van der Waals surface area contributed by atoms with Gasteiger partial charge in [0.05, 0.1) is 41.0 Å². The van der Waals surface area contributed by atoms with Crippen LogP contribution >= 0.6 is 0 Å². The van der Waals surface area contributed by atoms with Crippen molar-refractivity contribution in [3.63, 3.8) is 0 Å².